The lowest BCUT2D eigenvalue weighted by atomic mass is 10.3. The van der Waals surface area contributed by atoms with Gasteiger partial charge in [0.05, 0.1) is 6.04 Å². The highest BCUT2D eigenvalue weighted by molar-refractivity contribution is 7.89. The average molecular weight is 331 g/mol. The molecule has 1 atom stereocenters. The smallest absolute Gasteiger partial charge is 0.242 e. The van der Waals surface area contributed by atoms with Crippen molar-refractivity contribution in [3.63, 3.8) is 0 Å². The van der Waals surface area contributed by atoms with Crippen LogP contribution < -0.4 is 10.5 Å². The van der Waals surface area contributed by atoms with Gasteiger partial charge in [0.1, 0.15) is 9.90 Å². The van der Waals surface area contributed by atoms with Crippen LogP contribution in [0.1, 0.15) is 33.3 Å². The summed E-state index contributed by atoms with van der Waals surface area (Å²) in [6, 6.07) is -0.358. The Morgan fingerprint density at radius 2 is 2.15 bits per heavy atom. The van der Waals surface area contributed by atoms with Crippen molar-refractivity contribution in [2.45, 2.75) is 38.3 Å². The summed E-state index contributed by atoms with van der Waals surface area (Å²) < 4.78 is 27.7. The molecule has 2 aromatic rings. The molecule has 0 saturated heterocycles. The molecule has 0 saturated carbocycles. The summed E-state index contributed by atoms with van der Waals surface area (Å²) >= 11 is 2.86. The van der Waals surface area contributed by atoms with E-state index in [9.17, 15) is 8.42 Å². The largest absolute Gasteiger partial charge is 0.326 e. The van der Waals surface area contributed by atoms with Gasteiger partial charge in [0.15, 0.2) is 0 Å². The molecule has 0 aliphatic rings. The van der Waals surface area contributed by atoms with Crippen LogP contribution in [-0.4, -0.2) is 13.4 Å². The number of nitrogens with two attached hydrogens (primary N) is 1. The lowest BCUT2D eigenvalue weighted by Gasteiger charge is -2.13. The van der Waals surface area contributed by atoms with Crippen LogP contribution in [0.4, 0.5) is 0 Å². The zero-order valence-corrected chi connectivity index (χ0v) is 14.0. The molecule has 0 radical (unpaired) electrons. The second-order valence-electron chi connectivity index (χ2n) is 4.53. The molecule has 0 spiro atoms. The number of hydrogen-bond donors (Lipinski definition) is 2. The summed E-state index contributed by atoms with van der Waals surface area (Å²) in [5.41, 5.74) is 6.34. The summed E-state index contributed by atoms with van der Waals surface area (Å²) in [5, 5.41) is 2.57. The van der Waals surface area contributed by atoms with Crippen LogP contribution >= 0.6 is 22.7 Å². The van der Waals surface area contributed by atoms with Gasteiger partial charge in [-0.3, -0.25) is 0 Å². The second-order valence-corrected chi connectivity index (χ2v) is 8.41. The maximum atomic E-state index is 12.5. The van der Waals surface area contributed by atoms with Crippen LogP contribution in [-0.2, 0) is 16.6 Å². The normalized spacial score (nSPS) is 13.6. The van der Waals surface area contributed by atoms with Crippen LogP contribution in [0, 0.1) is 13.8 Å². The molecule has 3 N–H and O–H groups in total. The van der Waals surface area contributed by atoms with Gasteiger partial charge >= 0.3 is 0 Å². The van der Waals surface area contributed by atoms with Crippen molar-refractivity contribution in [3.05, 3.63) is 31.9 Å². The Balaban J connectivity index is 2.29. The van der Waals surface area contributed by atoms with Crippen molar-refractivity contribution in [3.8, 4) is 0 Å². The number of rotatable bonds is 5. The molecule has 2 heterocycles. The van der Waals surface area contributed by atoms with E-state index in [1.807, 2.05) is 12.3 Å². The molecule has 2 aromatic heterocycles. The number of sulfonamides is 1. The first-order valence-corrected chi connectivity index (χ1v) is 9.24. The Bertz CT molecular complexity index is 703. The predicted octanol–water partition coefficient (Wildman–Crippen LogP) is 2.32. The van der Waals surface area contributed by atoms with Crippen LogP contribution in [0.5, 0.6) is 0 Å². The van der Waals surface area contributed by atoms with Crippen LogP contribution in [0.3, 0.4) is 0 Å². The van der Waals surface area contributed by atoms with E-state index in [0.717, 1.165) is 15.4 Å². The number of aromatic nitrogens is 1. The first-order chi connectivity index (χ1) is 9.35. The molecule has 5 nitrogen and oxygen atoms in total. The third-order valence-corrected chi connectivity index (χ3v) is 6.91. The zero-order valence-electron chi connectivity index (χ0n) is 11.5. The predicted molar refractivity (Wildman–Crippen MR) is 82.5 cm³/mol. The fourth-order valence-corrected chi connectivity index (χ4v) is 5.66. The Hall–Kier alpha value is -0.800. The molecule has 0 aliphatic carbocycles. The molecule has 1 unspecified atom stereocenters. The third-order valence-electron chi connectivity index (χ3n) is 2.79. The summed E-state index contributed by atoms with van der Waals surface area (Å²) in [6.07, 6.45) is 1.74. The van der Waals surface area contributed by atoms with Gasteiger partial charge in [-0.15, -0.1) is 22.7 Å². The number of aryl methyl sites for hydroxylation is 2. The minimum atomic E-state index is -3.58. The van der Waals surface area contributed by atoms with Crippen molar-refractivity contribution in [1.29, 1.82) is 0 Å². The van der Waals surface area contributed by atoms with E-state index in [1.165, 1.54) is 22.7 Å². The van der Waals surface area contributed by atoms with Crippen molar-refractivity contribution in [2.75, 3.05) is 0 Å². The highest BCUT2D eigenvalue weighted by atomic mass is 32.2. The molecule has 110 valence electrons. The number of nitrogens with zero attached hydrogens (tertiary/aromatic N) is 1. The molecule has 0 fully saturated rings. The van der Waals surface area contributed by atoms with E-state index in [4.69, 9.17) is 5.73 Å². The van der Waals surface area contributed by atoms with E-state index in [1.54, 1.807) is 20.0 Å². The summed E-state index contributed by atoms with van der Waals surface area (Å²) in [7, 11) is -3.58. The van der Waals surface area contributed by atoms with Crippen molar-refractivity contribution in [1.82, 2.24) is 9.71 Å². The van der Waals surface area contributed by atoms with Gasteiger partial charge in [0.2, 0.25) is 10.0 Å². The first-order valence-electron chi connectivity index (χ1n) is 6.07. The van der Waals surface area contributed by atoms with Crippen LogP contribution in [0.25, 0.3) is 0 Å². The zero-order chi connectivity index (χ0) is 14.9. The fraction of sp³-hybridized carbons (Fsp3) is 0.417. The molecule has 0 amide bonds. The van der Waals surface area contributed by atoms with Gasteiger partial charge in [-0.25, -0.2) is 18.1 Å². The van der Waals surface area contributed by atoms with Gasteiger partial charge in [-0.05, 0) is 31.7 Å². The SMILES string of the molecule is Cc1cnc(C(C)NS(=O)(=O)c2c(C)csc2CN)s1. The van der Waals surface area contributed by atoms with Crippen LogP contribution in [0.2, 0.25) is 0 Å². The highest BCUT2D eigenvalue weighted by Crippen LogP contribution is 2.28. The standard InChI is InChI=1S/C12H17N3O2S3/c1-7-6-18-10(4-13)11(7)20(16,17)15-9(3)12-14-5-8(2)19-12/h5-6,9,15H,4,13H2,1-3H3. The molecular formula is C12H17N3O2S3. The summed E-state index contributed by atoms with van der Waals surface area (Å²) in [4.78, 5) is 6.26. The molecule has 8 heteroatoms. The molecule has 2 rings (SSSR count). The molecular weight excluding hydrogens is 314 g/mol. The number of thiazole rings is 1. The minimum absolute atomic E-state index is 0.222. The van der Waals surface area contributed by atoms with Crippen LogP contribution in [0.15, 0.2) is 16.5 Å². The Labute approximate surface area is 126 Å². The van der Waals surface area contributed by atoms with Gasteiger partial charge in [-0.1, -0.05) is 0 Å². The van der Waals surface area contributed by atoms with Crippen molar-refractivity contribution in [2.24, 2.45) is 5.73 Å². The molecule has 0 aromatic carbocycles. The van der Waals surface area contributed by atoms with Gasteiger partial charge in [0.25, 0.3) is 0 Å². The fourth-order valence-electron chi connectivity index (χ4n) is 1.90. The van der Waals surface area contributed by atoms with Gasteiger partial charge in [-0.2, -0.15) is 0 Å². The molecule has 20 heavy (non-hydrogen) atoms. The quantitative estimate of drug-likeness (QED) is 0.880. The second kappa shape index (κ2) is 5.90. The highest BCUT2D eigenvalue weighted by Gasteiger charge is 2.25. The Morgan fingerprint density at radius 3 is 2.70 bits per heavy atom. The maximum absolute atomic E-state index is 12.5. The van der Waals surface area contributed by atoms with E-state index in [0.29, 0.717) is 9.77 Å². The Morgan fingerprint density at radius 1 is 1.45 bits per heavy atom. The van der Waals surface area contributed by atoms with Crippen molar-refractivity contribution < 1.29 is 8.42 Å². The number of thiophene rings is 1. The molecule has 0 bridgehead atoms. The topological polar surface area (TPSA) is 85.1 Å². The van der Waals surface area contributed by atoms with Gasteiger partial charge < -0.3 is 5.73 Å². The number of nitrogens with one attached hydrogen (secondary N) is 1. The number of hydrogen-bond acceptors (Lipinski definition) is 6. The summed E-state index contributed by atoms with van der Waals surface area (Å²) in [5.74, 6) is 0. The van der Waals surface area contributed by atoms with E-state index < -0.39 is 10.0 Å². The Kier molecular flexibility index (Phi) is 4.60. The third kappa shape index (κ3) is 3.09. The minimum Gasteiger partial charge on any atom is -0.326 e. The molecule has 0 aliphatic heterocycles. The van der Waals surface area contributed by atoms with E-state index in [-0.39, 0.29) is 12.6 Å². The van der Waals surface area contributed by atoms with E-state index in [2.05, 4.69) is 9.71 Å². The van der Waals surface area contributed by atoms with Crippen molar-refractivity contribution >= 4 is 32.7 Å². The lowest BCUT2D eigenvalue weighted by Crippen LogP contribution is -2.28. The van der Waals surface area contributed by atoms with E-state index >= 15 is 0 Å². The monoisotopic (exact) mass is 331 g/mol. The maximum Gasteiger partial charge on any atom is 0.242 e. The lowest BCUT2D eigenvalue weighted by molar-refractivity contribution is 0.565. The average Bonchev–Trinajstić information content (AvgIpc) is 2.94. The van der Waals surface area contributed by atoms with Gasteiger partial charge in [0, 0.05) is 22.5 Å². The first kappa shape index (κ1) is 15.6. The summed E-state index contributed by atoms with van der Waals surface area (Å²) in [6.45, 7) is 5.74.